The van der Waals surface area contributed by atoms with Gasteiger partial charge in [0.2, 0.25) is 0 Å². The Bertz CT molecular complexity index is 198. The zero-order valence-corrected chi connectivity index (χ0v) is 6.87. The van der Waals surface area contributed by atoms with E-state index < -0.39 is 12.5 Å². The first-order valence-electron chi connectivity index (χ1n) is 3.24. The van der Waals surface area contributed by atoms with Crippen LogP contribution in [0, 0.1) is 0 Å². The van der Waals surface area contributed by atoms with Crippen molar-refractivity contribution in [2.45, 2.75) is 12.5 Å². The molecule has 1 nitrogen and oxygen atoms in total. The molecule has 1 unspecified atom stereocenters. The highest BCUT2D eigenvalue weighted by atomic mass is 32.1. The molecule has 1 N–H and O–H groups in total. The summed E-state index contributed by atoms with van der Waals surface area (Å²) in [4.78, 5) is 0.683. The van der Waals surface area contributed by atoms with Crippen LogP contribution in [0.1, 0.15) is 10.9 Å². The van der Waals surface area contributed by atoms with E-state index in [2.05, 4.69) is 5.32 Å². The molecule has 1 atom stereocenters. The van der Waals surface area contributed by atoms with E-state index in [4.69, 9.17) is 0 Å². The summed E-state index contributed by atoms with van der Waals surface area (Å²) < 4.78 is 24.4. The van der Waals surface area contributed by atoms with Gasteiger partial charge in [-0.3, -0.25) is 0 Å². The van der Waals surface area contributed by atoms with Gasteiger partial charge in [0.1, 0.15) is 6.04 Å². The Morgan fingerprint density at radius 3 is 2.64 bits per heavy atom. The van der Waals surface area contributed by atoms with Gasteiger partial charge in [-0.15, -0.1) is 11.3 Å². The average Bonchev–Trinajstić information content (AvgIpc) is 2.40. The number of nitrogens with one attached hydrogen (secondary N) is 1. The van der Waals surface area contributed by atoms with E-state index in [1.165, 1.54) is 18.4 Å². The molecule has 0 saturated carbocycles. The summed E-state index contributed by atoms with van der Waals surface area (Å²) in [7, 11) is 1.54. The van der Waals surface area contributed by atoms with Gasteiger partial charge < -0.3 is 5.32 Å². The fourth-order valence-electron chi connectivity index (χ4n) is 0.861. The lowest BCUT2D eigenvalue weighted by molar-refractivity contribution is 0.104. The third kappa shape index (κ3) is 1.97. The first-order valence-corrected chi connectivity index (χ1v) is 4.12. The fourth-order valence-corrected chi connectivity index (χ4v) is 1.70. The second kappa shape index (κ2) is 3.78. The van der Waals surface area contributed by atoms with Crippen molar-refractivity contribution in [2.75, 3.05) is 7.05 Å². The van der Waals surface area contributed by atoms with E-state index in [9.17, 15) is 8.78 Å². The van der Waals surface area contributed by atoms with E-state index in [0.717, 1.165) is 0 Å². The summed E-state index contributed by atoms with van der Waals surface area (Å²) in [5, 5.41) is 4.36. The summed E-state index contributed by atoms with van der Waals surface area (Å²) in [5.41, 5.74) is 0. The van der Waals surface area contributed by atoms with Crippen LogP contribution in [0.2, 0.25) is 0 Å². The molecule has 1 aromatic rings. The van der Waals surface area contributed by atoms with Gasteiger partial charge in [0, 0.05) is 4.88 Å². The van der Waals surface area contributed by atoms with Crippen molar-refractivity contribution in [1.82, 2.24) is 5.32 Å². The number of hydrogen-bond acceptors (Lipinski definition) is 2. The maximum Gasteiger partial charge on any atom is 0.258 e. The van der Waals surface area contributed by atoms with Crippen molar-refractivity contribution in [3.05, 3.63) is 22.4 Å². The van der Waals surface area contributed by atoms with E-state index in [-0.39, 0.29) is 0 Å². The Balaban J connectivity index is 2.71. The smallest absolute Gasteiger partial charge is 0.258 e. The Morgan fingerprint density at radius 1 is 1.55 bits per heavy atom. The molecule has 0 spiro atoms. The van der Waals surface area contributed by atoms with Crippen molar-refractivity contribution in [3.8, 4) is 0 Å². The molecular formula is C7H9F2NS. The van der Waals surface area contributed by atoms with Gasteiger partial charge in [-0.05, 0) is 18.5 Å². The van der Waals surface area contributed by atoms with Crippen molar-refractivity contribution in [3.63, 3.8) is 0 Å². The molecule has 62 valence electrons. The lowest BCUT2D eigenvalue weighted by Gasteiger charge is -2.12. The normalized spacial score (nSPS) is 13.8. The SMILES string of the molecule is CNC(c1cccs1)C(F)F. The van der Waals surface area contributed by atoms with Gasteiger partial charge in [0.25, 0.3) is 6.43 Å². The van der Waals surface area contributed by atoms with E-state index in [0.29, 0.717) is 4.88 Å². The molecule has 1 aromatic heterocycles. The second-order valence-corrected chi connectivity index (χ2v) is 3.10. The van der Waals surface area contributed by atoms with Gasteiger partial charge >= 0.3 is 0 Å². The predicted octanol–water partition coefficient (Wildman–Crippen LogP) is 2.27. The third-order valence-electron chi connectivity index (χ3n) is 1.41. The standard InChI is InChI=1S/C7H9F2NS/c1-10-6(7(8)9)5-3-2-4-11-5/h2-4,6-7,10H,1H3. The van der Waals surface area contributed by atoms with E-state index in [1.54, 1.807) is 17.5 Å². The lowest BCUT2D eigenvalue weighted by atomic mass is 10.2. The highest BCUT2D eigenvalue weighted by molar-refractivity contribution is 7.10. The highest BCUT2D eigenvalue weighted by Gasteiger charge is 2.20. The first-order chi connectivity index (χ1) is 5.25. The third-order valence-corrected chi connectivity index (χ3v) is 2.37. The van der Waals surface area contributed by atoms with E-state index in [1.807, 2.05) is 0 Å². The Kier molecular flexibility index (Phi) is 2.96. The van der Waals surface area contributed by atoms with Crippen LogP contribution < -0.4 is 5.32 Å². The maximum absolute atomic E-state index is 12.2. The topological polar surface area (TPSA) is 12.0 Å². The second-order valence-electron chi connectivity index (χ2n) is 2.12. The van der Waals surface area contributed by atoms with Crippen molar-refractivity contribution < 1.29 is 8.78 Å². The molecule has 1 rings (SSSR count). The predicted molar refractivity (Wildman–Crippen MR) is 42.1 cm³/mol. The first kappa shape index (κ1) is 8.62. The molecule has 0 fully saturated rings. The molecule has 0 bridgehead atoms. The molecule has 0 saturated heterocycles. The number of thiophene rings is 1. The average molecular weight is 177 g/mol. The summed E-state index contributed by atoms with van der Waals surface area (Å²) in [5.74, 6) is 0. The van der Waals surface area contributed by atoms with Crippen molar-refractivity contribution in [1.29, 1.82) is 0 Å². The van der Waals surface area contributed by atoms with Gasteiger partial charge in [-0.1, -0.05) is 6.07 Å². The quantitative estimate of drug-likeness (QED) is 0.746. The van der Waals surface area contributed by atoms with Crippen molar-refractivity contribution in [2.24, 2.45) is 0 Å². The molecule has 1 heterocycles. The molecule has 11 heavy (non-hydrogen) atoms. The Hall–Kier alpha value is -0.480. The maximum atomic E-state index is 12.2. The van der Waals surface area contributed by atoms with E-state index >= 15 is 0 Å². The molecule has 4 heteroatoms. The molecule has 0 aromatic carbocycles. The fraction of sp³-hybridized carbons (Fsp3) is 0.429. The van der Waals surface area contributed by atoms with Gasteiger partial charge in [-0.25, -0.2) is 8.78 Å². The van der Waals surface area contributed by atoms with Crippen LogP contribution in [0.3, 0.4) is 0 Å². The van der Waals surface area contributed by atoms with Crippen LogP contribution in [-0.2, 0) is 0 Å². The molecule has 0 aliphatic carbocycles. The zero-order chi connectivity index (χ0) is 8.27. The Morgan fingerprint density at radius 2 is 2.27 bits per heavy atom. The van der Waals surface area contributed by atoms with Crippen LogP contribution >= 0.6 is 11.3 Å². The van der Waals surface area contributed by atoms with Crippen LogP contribution in [0.25, 0.3) is 0 Å². The van der Waals surface area contributed by atoms with Crippen LogP contribution in [0.5, 0.6) is 0 Å². The number of rotatable bonds is 3. The molecular weight excluding hydrogens is 168 g/mol. The van der Waals surface area contributed by atoms with Crippen LogP contribution in [0.4, 0.5) is 8.78 Å². The zero-order valence-electron chi connectivity index (χ0n) is 6.05. The Labute approximate surface area is 68.0 Å². The summed E-state index contributed by atoms with van der Waals surface area (Å²) >= 11 is 1.34. The van der Waals surface area contributed by atoms with Crippen LogP contribution in [0.15, 0.2) is 17.5 Å². The molecule has 0 aliphatic rings. The largest absolute Gasteiger partial charge is 0.308 e. The summed E-state index contributed by atoms with van der Waals surface area (Å²) in [6, 6.07) is 2.67. The molecule has 0 amide bonds. The minimum absolute atomic E-state index is 0.683. The lowest BCUT2D eigenvalue weighted by Crippen LogP contribution is -2.22. The summed E-state index contributed by atoms with van der Waals surface area (Å²) in [6.45, 7) is 0. The minimum atomic E-state index is -2.33. The number of hydrogen-bond donors (Lipinski definition) is 1. The van der Waals surface area contributed by atoms with Gasteiger partial charge in [-0.2, -0.15) is 0 Å². The monoisotopic (exact) mass is 177 g/mol. The van der Waals surface area contributed by atoms with Gasteiger partial charge in [0.15, 0.2) is 0 Å². The highest BCUT2D eigenvalue weighted by Crippen LogP contribution is 2.23. The van der Waals surface area contributed by atoms with Crippen molar-refractivity contribution >= 4 is 11.3 Å². The van der Waals surface area contributed by atoms with Gasteiger partial charge in [0.05, 0.1) is 0 Å². The van der Waals surface area contributed by atoms with Crippen LogP contribution in [-0.4, -0.2) is 13.5 Å². The molecule has 0 aliphatic heterocycles. The summed E-state index contributed by atoms with van der Waals surface area (Å²) in [6.07, 6.45) is -2.33. The number of alkyl halides is 2. The minimum Gasteiger partial charge on any atom is -0.308 e. The number of halogens is 2. The molecule has 0 radical (unpaired) electrons.